The van der Waals surface area contributed by atoms with Gasteiger partial charge in [0.15, 0.2) is 6.61 Å². The third kappa shape index (κ3) is 4.91. The number of fused-ring (bicyclic) bond motifs is 1. The number of carbonyl (C=O) groups is 3. The van der Waals surface area contributed by atoms with Gasteiger partial charge in [-0.1, -0.05) is 18.9 Å². The van der Waals surface area contributed by atoms with Crippen molar-refractivity contribution in [2.45, 2.75) is 58.4 Å². The average Bonchev–Trinajstić information content (AvgIpc) is 2.71. The van der Waals surface area contributed by atoms with Crippen LogP contribution in [0.2, 0.25) is 0 Å². The molecule has 2 fully saturated rings. The molecule has 0 spiro atoms. The maximum Gasteiger partial charge on any atom is 0.325 e. The zero-order valence-corrected chi connectivity index (χ0v) is 16.8. The third-order valence-electron chi connectivity index (χ3n) is 6.08. The molecule has 2 aliphatic rings. The Morgan fingerprint density at radius 1 is 1.07 bits per heavy atom. The summed E-state index contributed by atoms with van der Waals surface area (Å²) >= 11 is 0. The highest BCUT2D eigenvalue weighted by atomic mass is 16.5. The van der Waals surface area contributed by atoms with E-state index >= 15 is 0 Å². The Bertz CT molecular complexity index is 744. The number of hydrogen-bond acceptors (Lipinski definition) is 4. The number of aryl methyl sites for hydroxylation is 2. The van der Waals surface area contributed by atoms with Crippen LogP contribution in [0.3, 0.4) is 0 Å². The summed E-state index contributed by atoms with van der Waals surface area (Å²) in [6.45, 7) is 4.17. The Morgan fingerprint density at radius 2 is 1.82 bits per heavy atom. The number of rotatable bonds is 5. The molecular formula is C22H30N2O4. The number of benzene rings is 1. The summed E-state index contributed by atoms with van der Waals surface area (Å²) in [4.78, 5) is 38.6. The molecule has 152 valence electrons. The summed E-state index contributed by atoms with van der Waals surface area (Å²) in [6.07, 6.45) is 6.87. The number of ether oxygens (including phenoxy) is 1. The Kier molecular flexibility index (Phi) is 6.70. The van der Waals surface area contributed by atoms with E-state index in [1.165, 1.54) is 19.3 Å². The van der Waals surface area contributed by atoms with Crippen molar-refractivity contribution >= 4 is 17.8 Å². The molecule has 3 rings (SSSR count). The summed E-state index contributed by atoms with van der Waals surface area (Å²) < 4.78 is 5.12. The van der Waals surface area contributed by atoms with Gasteiger partial charge in [0.25, 0.3) is 11.8 Å². The largest absolute Gasteiger partial charge is 0.454 e. The van der Waals surface area contributed by atoms with Crippen LogP contribution in [0.15, 0.2) is 18.2 Å². The van der Waals surface area contributed by atoms with Crippen molar-refractivity contribution in [3.05, 3.63) is 34.9 Å². The summed E-state index contributed by atoms with van der Waals surface area (Å²) in [5, 5.41) is 2.56. The highest BCUT2D eigenvalue weighted by Crippen LogP contribution is 2.35. The molecule has 1 heterocycles. The molecule has 0 bridgehead atoms. The molecule has 1 N–H and O–H groups in total. The Hall–Kier alpha value is -2.37. The van der Waals surface area contributed by atoms with Crippen molar-refractivity contribution in [3.8, 4) is 0 Å². The van der Waals surface area contributed by atoms with E-state index in [9.17, 15) is 14.4 Å². The highest BCUT2D eigenvalue weighted by molar-refractivity contribution is 5.96. The van der Waals surface area contributed by atoms with Crippen LogP contribution < -0.4 is 5.32 Å². The average molecular weight is 386 g/mol. The maximum atomic E-state index is 12.5. The number of esters is 1. The van der Waals surface area contributed by atoms with Crippen LogP contribution in [0.25, 0.3) is 0 Å². The van der Waals surface area contributed by atoms with Crippen LogP contribution in [0.4, 0.5) is 0 Å². The number of amides is 2. The minimum Gasteiger partial charge on any atom is -0.454 e. The molecular weight excluding hydrogens is 356 g/mol. The first-order valence-electron chi connectivity index (χ1n) is 10.3. The third-order valence-corrected chi connectivity index (χ3v) is 6.08. The predicted molar refractivity (Wildman–Crippen MR) is 106 cm³/mol. The van der Waals surface area contributed by atoms with Crippen molar-refractivity contribution in [1.82, 2.24) is 10.2 Å². The smallest absolute Gasteiger partial charge is 0.325 e. The van der Waals surface area contributed by atoms with Gasteiger partial charge in [-0.05, 0) is 68.7 Å². The highest BCUT2D eigenvalue weighted by Gasteiger charge is 2.35. The fourth-order valence-electron chi connectivity index (χ4n) is 4.35. The molecule has 2 amide bonds. The number of likely N-dealkylation sites (tertiary alicyclic amines) is 1. The summed E-state index contributed by atoms with van der Waals surface area (Å²) in [6, 6.07) is 5.69. The van der Waals surface area contributed by atoms with Crippen molar-refractivity contribution in [3.63, 3.8) is 0 Å². The van der Waals surface area contributed by atoms with E-state index < -0.39 is 5.97 Å². The second-order valence-electron chi connectivity index (χ2n) is 7.98. The van der Waals surface area contributed by atoms with Crippen molar-refractivity contribution in [2.75, 3.05) is 19.7 Å². The van der Waals surface area contributed by atoms with Gasteiger partial charge >= 0.3 is 5.97 Å². The topological polar surface area (TPSA) is 75.7 Å². The lowest BCUT2D eigenvalue weighted by atomic mass is 9.78. The van der Waals surface area contributed by atoms with E-state index in [1.54, 1.807) is 12.1 Å². The number of nitrogens with zero attached hydrogens (tertiary/aromatic N) is 1. The van der Waals surface area contributed by atoms with Crippen LogP contribution in [0, 0.1) is 19.8 Å². The van der Waals surface area contributed by atoms with Crippen molar-refractivity contribution in [1.29, 1.82) is 0 Å². The molecule has 0 aromatic heterocycles. The fraction of sp³-hybridized carbons (Fsp3) is 0.591. The van der Waals surface area contributed by atoms with E-state index in [0.29, 0.717) is 17.5 Å². The van der Waals surface area contributed by atoms with Gasteiger partial charge in [0.05, 0.1) is 0 Å². The second-order valence-corrected chi connectivity index (χ2v) is 7.98. The predicted octanol–water partition coefficient (Wildman–Crippen LogP) is 2.76. The number of piperidine rings is 1. The molecule has 0 radical (unpaired) electrons. The SMILES string of the molecule is Cc1ccc(C(=O)NCC(=O)OCC(=O)N2CCC[C@@H]3CCCC[C@@H]32)cc1C. The van der Waals surface area contributed by atoms with Crippen LogP contribution >= 0.6 is 0 Å². The van der Waals surface area contributed by atoms with Crippen LogP contribution in [0.5, 0.6) is 0 Å². The minimum absolute atomic E-state index is 0.120. The van der Waals surface area contributed by atoms with E-state index in [1.807, 2.05) is 24.8 Å². The second kappa shape index (κ2) is 9.22. The Labute approximate surface area is 166 Å². The van der Waals surface area contributed by atoms with Gasteiger partial charge < -0.3 is 15.0 Å². The summed E-state index contributed by atoms with van der Waals surface area (Å²) in [5.74, 6) is -0.444. The molecule has 1 saturated heterocycles. The van der Waals surface area contributed by atoms with E-state index in [2.05, 4.69) is 5.32 Å². The quantitative estimate of drug-likeness (QED) is 0.790. The normalized spacial score (nSPS) is 21.6. The summed E-state index contributed by atoms with van der Waals surface area (Å²) in [7, 11) is 0. The zero-order valence-electron chi connectivity index (χ0n) is 16.8. The number of hydrogen-bond donors (Lipinski definition) is 1. The molecule has 1 aromatic carbocycles. The van der Waals surface area contributed by atoms with E-state index in [-0.39, 0.29) is 25.0 Å². The standard InChI is InChI=1S/C22H30N2O4/c1-15-9-10-18(12-16(15)2)22(27)23-13-21(26)28-14-20(25)24-11-5-7-17-6-3-4-8-19(17)24/h9-10,12,17,19H,3-8,11,13-14H2,1-2H3,(H,23,27)/t17-,19-/m0/s1. The number of carbonyl (C=O) groups excluding carboxylic acids is 3. The Balaban J connectivity index is 1.44. The molecule has 1 aromatic rings. The fourth-order valence-corrected chi connectivity index (χ4v) is 4.35. The zero-order chi connectivity index (χ0) is 20.1. The molecule has 0 unspecified atom stereocenters. The lowest BCUT2D eigenvalue weighted by molar-refractivity contribution is -0.154. The number of nitrogens with one attached hydrogen (secondary N) is 1. The van der Waals surface area contributed by atoms with Gasteiger partial charge in [0.2, 0.25) is 0 Å². The van der Waals surface area contributed by atoms with Crippen LogP contribution in [-0.2, 0) is 14.3 Å². The van der Waals surface area contributed by atoms with Gasteiger partial charge in [-0.3, -0.25) is 14.4 Å². The molecule has 28 heavy (non-hydrogen) atoms. The molecule has 1 aliphatic carbocycles. The van der Waals surface area contributed by atoms with Gasteiger partial charge in [0.1, 0.15) is 6.54 Å². The first kappa shape index (κ1) is 20.4. The van der Waals surface area contributed by atoms with Crippen molar-refractivity contribution in [2.24, 2.45) is 5.92 Å². The first-order valence-corrected chi connectivity index (χ1v) is 10.3. The Morgan fingerprint density at radius 3 is 2.61 bits per heavy atom. The molecule has 6 nitrogen and oxygen atoms in total. The summed E-state index contributed by atoms with van der Waals surface area (Å²) in [5.41, 5.74) is 2.62. The van der Waals surface area contributed by atoms with Crippen LogP contribution in [-0.4, -0.2) is 48.4 Å². The molecule has 1 aliphatic heterocycles. The first-order chi connectivity index (χ1) is 13.5. The van der Waals surface area contributed by atoms with Gasteiger partial charge in [-0.2, -0.15) is 0 Å². The van der Waals surface area contributed by atoms with Gasteiger partial charge in [-0.25, -0.2) is 0 Å². The lowest BCUT2D eigenvalue weighted by Gasteiger charge is -2.44. The molecule has 2 atom stereocenters. The minimum atomic E-state index is -0.595. The molecule has 6 heteroatoms. The monoisotopic (exact) mass is 386 g/mol. The van der Waals surface area contributed by atoms with Crippen molar-refractivity contribution < 1.29 is 19.1 Å². The van der Waals surface area contributed by atoms with E-state index in [0.717, 1.165) is 36.9 Å². The van der Waals surface area contributed by atoms with Gasteiger partial charge in [0, 0.05) is 18.2 Å². The van der Waals surface area contributed by atoms with E-state index in [4.69, 9.17) is 4.74 Å². The maximum absolute atomic E-state index is 12.5. The van der Waals surface area contributed by atoms with Crippen LogP contribution in [0.1, 0.15) is 60.0 Å². The van der Waals surface area contributed by atoms with Gasteiger partial charge in [-0.15, -0.1) is 0 Å². The molecule has 1 saturated carbocycles. The lowest BCUT2D eigenvalue weighted by Crippen LogP contribution is -2.51.